The van der Waals surface area contributed by atoms with Gasteiger partial charge in [0.2, 0.25) is 0 Å². The minimum atomic E-state index is -1.16. The van der Waals surface area contributed by atoms with Crippen LogP contribution >= 0.6 is 0 Å². The van der Waals surface area contributed by atoms with Gasteiger partial charge in [-0.2, -0.15) is 0 Å². The molecule has 124 valence electrons. The van der Waals surface area contributed by atoms with E-state index in [1.165, 1.54) is 77.0 Å². The van der Waals surface area contributed by atoms with Gasteiger partial charge in [-0.3, -0.25) is 0 Å². The largest absolute Gasteiger partial charge is 0.479 e. The Hall–Kier alpha value is -0.570. The van der Waals surface area contributed by atoms with Crippen LogP contribution in [0.4, 0.5) is 0 Å². The molecule has 21 heavy (non-hydrogen) atoms. The Morgan fingerprint density at radius 3 is 1.95 bits per heavy atom. The molecule has 0 spiro atoms. The summed E-state index contributed by atoms with van der Waals surface area (Å²) in [5, 5.41) is 17.7. The first-order valence-electron chi connectivity index (χ1n) is 9.11. The number of carbonyl (C=O) groups is 1. The molecule has 0 aromatic heterocycles. The zero-order valence-corrected chi connectivity index (χ0v) is 13.6. The lowest BCUT2D eigenvalue weighted by atomic mass is 9.93. The molecule has 1 rings (SSSR count). The number of carboxylic acid groups (broad SMARTS) is 1. The molecular formula is C18H34O3. The van der Waals surface area contributed by atoms with Crippen molar-refractivity contribution in [2.24, 2.45) is 5.92 Å². The lowest BCUT2D eigenvalue weighted by Crippen LogP contribution is -2.18. The number of aliphatic hydroxyl groups is 1. The predicted octanol–water partition coefficient (Wildman–Crippen LogP) is 4.91. The Morgan fingerprint density at radius 1 is 0.857 bits per heavy atom. The molecule has 0 aromatic carbocycles. The quantitative estimate of drug-likeness (QED) is 0.421. The van der Waals surface area contributed by atoms with E-state index in [4.69, 9.17) is 10.2 Å². The van der Waals surface area contributed by atoms with Crippen molar-refractivity contribution >= 4 is 5.97 Å². The summed E-state index contributed by atoms with van der Waals surface area (Å²) in [5.74, 6) is -0.0847. The molecule has 0 aromatic rings. The molecule has 0 heterocycles. The van der Waals surface area contributed by atoms with Crippen molar-refractivity contribution in [1.82, 2.24) is 0 Å². The molecule has 1 aliphatic carbocycles. The molecule has 0 saturated heterocycles. The third kappa shape index (κ3) is 9.89. The highest BCUT2D eigenvalue weighted by molar-refractivity contribution is 5.71. The lowest BCUT2D eigenvalue weighted by Gasteiger charge is -2.13. The molecule has 0 radical (unpaired) electrons. The minimum Gasteiger partial charge on any atom is -0.479 e. The van der Waals surface area contributed by atoms with Crippen LogP contribution in [0.5, 0.6) is 0 Å². The van der Waals surface area contributed by atoms with Crippen LogP contribution in [0, 0.1) is 5.92 Å². The van der Waals surface area contributed by atoms with Gasteiger partial charge in [0.15, 0.2) is 6.10 Å². The first-order chi connectivity index (χ1) is 10.2. The average molecular weight is 298 g/mol. The molecule has 1 fully saturated rings. The highest BCUT2D eigenvalue weighted by atomic mass is 16.4. The summed E-state index contributed by atoms with van der Waals surface area (Å²) in [4.78, 5) is 10.4. The van der Waals surface area contributed by atoms with E-state index in [0.717, 1.165) is 18.8 Å². The normalized spacial score (nSPS) is 18.3. The first kappa shape index (κ1) is 18.5. The first-order valence-corrected chi connectivity index (χ1v) is 9.11. The SMILES string of the molecule is O=C(O)[C@H](O)CCCCCCCCCC1CCCCCC1. The number of hydrogen-bond acceptors (Lipinski definition) is 2. The topological polar surface area (TPSA) is 57.5 Å². The maximum atomic E-state index is 10.4. The third-order valence-electron chi connectivity index (χ3n) is 4.85. The molecule has 1 saturated carbocycles. The van der Waals surface area contributed by atoms with Gasteiger partial charge in [-0.15, -0.1) is 0 Å². The standard InChI is InChI=1S/C18H34O3/c19-17(18(20)21)15-11-5-3-1-2-4-8-12-16-13-9-6-7-10-14-16/h16-17,19H,1-15H2,(H,20,21)/t17-/m1/s1. The molecule has 0 amide bonds. The Balaban J connectivity index is 1.83. The van der Waals surface area contributed by atoms with E-state index < -0.39 is 12.1 Å². The molecule has 3 nitrogen and oxygen atoms in total. The molecule has 0 bridgehead atoms. The molecular weight excluding hydrogens is 264 g/mol. The highest BCUT2D eigenvalue weighted by Crippen LogP contribution is 2.27. The second-order valence-electron chi connectivity index (χ2n) is 6.76. The summed E-state index contributed by atoms with van der Waals surface area (Å²) in [6.45, 7) is 0. The van der Waals surface area contributed by atoms with Gasteiger partial charge in [-0.1, -0.05) is 89.9 Å². The van der Waals surface area contributed by atoms with E-state index in [1.807, 2.05) is 0 Å². The van der Waals surface area contributed by atoms with E-state index in [1.54, 1.807) is 0 Å². The zero-order valence-electron chi connectivity index (χ0n) is 13.6. The molecule has 0 aliphatic heterocycles. The summed E-state index contributed by atoms with van der Waals surface area (Å²) < 4.78 is 0. The number of aliphatic hydroxyl groups excluding tert-OH is 1. The second kappa shape index (κ2) is 12.0. The van der Waals surface area contributed by atoms with Gasteiger partial charge in [-0.25, -0.2) is 4.79 Å². The van der Waals surface area contributed by atoms with E-state index in [0.29, 0.717) is 6.42 Å². The van der Waals surface area contributed by atoms with Gasteiger partial charge < -0.3 is 10.2 Å². The lowest BCUT2D eigenvalue weighted by molar-refractivity contribution is -0.146. The minimum absolute atomic E-state index is 0.400. The highest BCUT2D eigenvalue weighted by Gasteiger charge is 2.12. The molecule has 0 unspecified atom stereocenters. The summed E-state index contributed by atoms with van der Waals surface area (Å²) in [7, 11) is 0. The summed E-state index contributed by atoms with van der Waals surface area (Å²) in [6.07, 6.45) is 17.8. The number of hydrogen-bond donors (Lipinski definition) is 2. The number of rotatable bonds is 11. The predicted molar refractivity (Wildman–Crippen MR) is 86.4 cm³/mol. The van der Waals surface area contributed by atoms with Crippen LogP contribution in [0.15, 0.2) is 0 Å². The Labute approximate surface area is 130 Å². The fourth-order valence-electron chi connectivity index (χ4n) is 3.43. The van der Waals surface area contributed by atoms with Crippen molar-refractivity contribution in [3.05, 3.63) is 0 Å². The monoisotopic (exact) mass is 298 g/mol. The maximum Gasteiger partial charge on any atom is 0.332 e. The van der Waals surface area contributed by atoms with Crippen molar-refractivity contribution < 1.29 is 15.0 Å². The van der Waals surface area contributed by atoms with E-state index in [-0.39, 0.29) is 0 Å². The van der Waals surface area contributed by atoms with Crippen molar-refractivity contribution in [2.45, 2.75) is 102 Å². The summed E-state index contributed by atoms with van der Waals surface area (Å²) in [5.41, 5.74) is 0. The Kier molecular flexibility index (Phi) is 10.6. The molecule has 2 N–H and O–H groups in total. The van der Waals surface area contributed by atoms with Crippen LogP contribution in [0.1, 0.15) is 96.3 Å². The van der Waals surface area contributed by atoms with Crippen LogP contribution in [0.25, 0.3) is 0 Å². The van der Waals surface area contributed by atoms with E-state index in [2.05, 4.69) is 0 Å². The van der Waals surface area contributed by atoms with Crippen LogP contribution < -0.4 is 0 Å². The fraction of sp³-hybridized carbons (Fsp3) is 0.944. The summed E-state index contributed by atoms with van der Waals surface area (Å²) >= 11 is 0. The van der Waals surface area contributed by atoms with Crippen molar-refractivity contribution in [2.75, 3.05) is 0 Å². The van der Waals surface area contributed by atoms with Crippen LogP contribution in [-0.2, 0) is 4.79 Å². The molecule has 1 atom stereocenters. The van der Waals surface area contributed by atoms with Crippen molar-refractivity contribution in [3.8, 4) is 0 Å². The summed E-state index contributed by atoms with van der Waals surface area (Å²) in [6, 6.07) is 0. The van der Waals surface area contributed by atoms with Gasteiger partial charge in [0.05, 0.1) is 0 Å². The number of aliphatic carboxylic acids is 1. The second-order valence-corrected chi connectivity index (χ2v) is 6.76. The smallest absolute Gasteiger partial charge is 0.332 e. The van der Waals surface area contributed by atoms with E-state index >= 15 is 0 Å². The third-order valence-corrected chi connectivity index (χ3v) is 4.85. The zero-order chi connectivity index (χ0) is 15.3. The number of carboxylic acids is 1. The van der Waals surface area contributed by atoms with Gasteiger partial charge in [0.25, 0.3) is 0 Å². The number of unbranched alkanes of at least 4 members (excludes halogenated alkanes) is 6. The van der Waals surface area contributed by atoms with Crippen molar-refractivity contribution in [1.29, 1.82) is 0 Å². The van der Waals surface area contributed by atoms with Gasteiger partial charge >= 0.3 is 5.97 Å². The van der Waals surface area contributed by atoms with Gasteiger partial charge in [0.1, 0.15) is 0 Å². The van der Waals surface area contributed by atoms with Crippen LogP contribution in [0.2, 0.25) is 0 Å². The Bertz CT molecular complexity index is 257. The van der Waals surface area contributed by atoms with Crippen molar-refractivity contribution in [3.63, 3.8) is 0 Å². The van der Waals surface area contributed by atoms with Crippen LogP contribution in [0.3, 0.4) is 0 Å². The average Bonchev–Trinajstić information content (AvgIpc) is 2.73. The fourth-order valence-corrected chi connectivity index (χ4v) is 3.43. The van der Waals surface area contributed by atoms with Gasteiger partial charge in [-0.05, 0) is 12.3 Å². The van der Waals surface area contributed by atoms with Gasteiger partial charge in [0, 0.05) is 0 Å². The van der Waals surface area contributed by atoms with Crippen LogP contribution in [-0.4, -0.2) is 22.3 Å². The molecule has 1 aliphatic rings. The molecule has 3 heteroatoms. The van der Waals surface area contributed by atoms with E-state index in [9.17, 15) is 4.79 Å². The maximum absolute atomic E-state index is 10.4. The Morgan fingerprint density at radius 2 is 1.38 bits per heavy atom.